The maximum absolute atomic E-state index is 5.25. The van der Waals surface area contributed by atoms with Crippen LogP contribution in [-0.4, -0.2) is 37.7 Å². The fraction of sp³-hybridized carbons (Fsp3) is 0.444. The number of benzene rings is 1. The predicted molar refractivity (Wildman–Crippen MR) is 92.9 cm³/mol. The molecule has 1 aromatic heterocycles. The molecule has 1 N–H and O–H groups in total. The Labute approximate surface area is 137 Å². The summed E-state index contributed by atoms with van der Waals surface area (Å²) in [7, 11) is 5.63. The summed E-state index contributed by atoms with van der Waals surface area (Å²) in [4.78, 5) is 11.3. The minimum absolute atomic E-state index is 0.294. The van der Waals surface area contributed by atoms with Gasteiger partial charge in [-0.15, -0.1) is 0 Å². The fourth-order valence-corrected chi connectivity index (χ4v) is 2.94. The Hall–Kier alpha value is -2.14. The van der Waals surface area contributed by atoms with Crippen LogP contribution in [0.15, 0.2) is 30.5 Å². The van der Waals surface area contributed by atoms with Crippen LogP contribution in [0.5, 0.6) is 5.75 Å². The van der Waals surface area contributed by atoms with Gasteiger partial charge >= 0.3 is 0 Å². The molecule has 0 bridgehead atoms. The van der Waals surface area contributed by atoms with E-state index in [1.54, 1.807) is 7.11 Å². The van der Waals surface area contributed by atoms with Crippen molar-refractivity contribution in [1.82, 2.24) is 15.3 Å². The van der Waals surface area contributed by atoms with E-state index in [0.29, 0.717) is 6.04 Å². The Morgan fingerprint density at radius 2 is 1.96 bits per heavy atom. The molecule has 1 atom stereocenters. The van der Waals surface area contributed by atoms with Crippen LogP contribution in [0.4, 0.5) is 5.95 Å². The normalized spacial score (nSPS) is 17.8. The standard InChI is InChI=1S/C18H24N4O/c1-22(2)18-20-12-15(13-7-9-14(23-3)10-8-13)17(21-18)16-6-4-5-11-19-16/h7-10,12,16,19H,4-6,11H2,1-3H3/t16-/m1/s1. The van der Waals surface area contributed by atoms with Crippen molar-refractivity contribution in [3.63, 3.8) is 0 Å². The molecule has 1 aliphatic heterocycles. The van der Waals surface area contributed by atoms with Gasteiger partial charge in [-0.2, -0.15) is 0 Å². The molecule has 0 amide bonds. The summed E-state index contributed by atoms with van der Waals surface area (Å²) in [5.41, 5.74) is 3.31. The number of hydrogen-bond donors (Lipinski definition) is 1. The van der Waals surface area contributed by atoms with Gasteiger partial charge in [0, 0.05) is 25.9 Å². The van der Waals surface area contributed by atoms with Gasteiger partial charge < -0.3 is 15.0 Å². The highest BCUT2D eigenvalue weighted by molar-refractivity contribution is 5.67. The molecule has 1 aromatic carbocycles. The van der Waals surface area contributed by atoms with Crippen LogP contribution in [0.1, 0.15) is 31.0 Å². The van der Waals surface area contributed by atoms with Crippen LogP contribution < -0.4 is 15.0 Å². The van der Waals surface area contributed by atoms with Crippen molar-refractivity contribution >= 4 is 5.95 Å². The van der Waals surface area contributed by atoms with E-state index in [0.717, 1.165) is 41.5 Å². The lowest BCUT2D eigenvalue weighted by Crippen LogP contribution is -2.28. The molecule has 23 heavy (non-hydrogen) atoms. The molecule has 1 aliphatic rings. The third-order valence-electron chi connectivity index (χ3n) is 4.25. The molecule has 1 saturated heterocycles. The van der Waals surface area contributed by atoms with Gasteiger partial charge in [-0.25, -0.2) is 9.97 Å². The molecule has 0 aliphatic carbocycles. The van der Waals surface area contributed by atoms with Crippen molar-refractivity contribution in [2.75, 3.05) is 32.6 Å². The second-order valence-corrected chi connectivity index (χ2v) is 6.09. The van der Waals surface area contributed by atoms with Crippen molar-refractivity contribution in [2.24, 2.45) is 0 Å². The van der Waals surface area contributed by atoms with Gasteiger partial charge in [0.15, 0.2) is 0 Å². The first-order chi connectivity index (χ1) is 11.2. The molecule has 0 saturated carbocycles. The largest absolute Gasteiger partial charge is 0.497 e. The van der Waals surface area contributed by atoms with E-state index in [4.69, 9.17) is 9.72 Å². The summed E-state index contributed by atoms with van der Waals surface area (Å²) in [5.74, 6) is 1.61. The van der Waals surface area contributed by atoms with Crippen LogP contribution in [-0.2, 0) is 0 Å². The topological polar surface area (TPSA) is 50.3 Å². The number of piperidine rings is 1. The van der Waals surface area contributed by atoms with Gasteiger partial charge in [-0.1, -0.05) is 18.6 Å². The van der Waals surface area contributed by atoms with Crippen molar-refractivity contribution in [3.8, 4) is 16.9 Å². The molecule has 3 rings (SSSR count). The summed E-state index contributed by atoms with van der Waals surface area (Å²) in [6, 6.07) is 8.39. The molecular weight excluding hydrogens is 288 g/mol. The molecule has 1 fully saturated rings. The third kappa shape index (κ3) is 3.45. The second kappa shape index (κ2) is 6.96. The number of nitrogens with zero attached hydrogens (tertiary/aromatic N) is 3. The number of hydrogen-bond acceptors (Lipinski definition) is 5. The van der Waals surface area contributed by atoms with E-state index >= 15 is 0 Å². The van der Waals surface area contributed by atoms with Crippen molar-refractivity contribution in [3.05, 3.63) is 36.2 Å². The average molecular weight is 312 g/mol. The van der Waals surface area contributed by atoms with Crippen LogP contribution in [0, 0.1) is 0 Å². The van der Waals surface area contributed by atoms with E-state index in [-0.39, 0.29) is 0 Å². The van der Waals surface area contributed by atoms with Crippen LogP contribution in [0.25, 0.3) is 11.1 Å². The van der Waals surface area contributed by atoms with Gasteiger partial charge in [-0.3, -0.25) is 0 Å². The van der Waals surface area contributed by atoms with Gasteiger partial charge in [0.1, 0.15) is 5.75 Å². The molecule has 122 valence electrons. The second-order valence-electron chi connectivity index (χ2n) is 6.09. The molecule has 5 heteroatoms. The minimum atomic E-state index is 0.294. The molecule has 5 nitrogen and oxygen atoms in total. The number of nitrogens with one attached hydrogen (secondary N) is 1. The van der Waals surface area contributed by atoms with E-state index in [1.165, 1.54) is 12.8 Å². The first kappa shape index (κ1) is 15.7. The summed E-state index contributed by atoms with van der Waals surface area (Å²) in [5, 5.41) is 3.60. The molecule has 2 aromatic rings. The minimum Gasteiger partial charge on any atom is -0.497 e. The maximum Gasteiger partial charge on any atom is 0.225 e. The molecular formula is C18H24N4O. The van der Waals surface area contributed by atoms with Crippen molar-refractivity contribution in [2.45, 2.75) is 25.3 Å². The summed E-state index contributed by atoms with van der Waals surface area (Å²) in [6.07, 6.45) is 5.53. The number of ether oxygens (including phenoxy) is 1. The van der Waals surface area contributed by atoms with Crippen LogP contribution >= 0.6 is 0 Å². The quantitative estimate of drug-likeness (QED) is 0.940. The lowest BCUT2D eigenvalue weighted by atomic mass is 9.95. The van der Waals surface area contributed by atoms with Gasteiger partial charge in [0.25, 0.3) is 0 Å². The Morgan fingerprint density at radius 3 is 2.57 bits per heavy atom. The lowest BCUT2D eigenvalue weighted by molar-refractivity contribution is 0.405. The van der Waals surface area contributed by atoms with E-state index in [2.05, 4.69) is 22.4 Å². The molecule has 0 radical (unpaired) electrons. The summed E-state index contributed by atoms with van der Waals surface area (Å²) >= 11 is 0. The van der Waals surface area contributed by atoms with Gasteiger partial charge in [-0.05, 0) is 37.1 Å². The van der Waals surface area contributed by atoms with Gasteiger partial charge in [0.05, 0.1) is 18.8 Å². The fourth-order valence-electron chi connectivity index (χ4n) is 2.94. The Morgan fingerprint density at radius 1 is 1.17 bits per heavy atom. The number of aromatic nitrogens is 2. The Bertz CT molecular complexity index is 649. The highest BCUT2D eigenvalue weighted by Gasteiger charge is 2.21. The van der Waals surface area contributed by atoms with E-state index in [1.807, 2.05) is 37.3 Å². The van der Waals surface area contributed by atoms with Crippen LogP contribution in [0.3, 0.4) is 0 Å². The zero-order chi connectivity index (χ0) is 16.2. The highest BCUT2D eigenvalue weighted by Crippen LogP contribution is 2.32. The SMILES string of the molecule is COc1ccc(-c2cnc(N(C)C)nc2[C@H]2CCCCN2)cc1. The third-order valence-corrected chi connectivity index (χ3v) is 4.25. The summed E-state index contributed by atoms with van der Waals surface area (Å²) in [6.45, 7) is 1.05. The van der Waals surface area contributed by atoms with Gasteiger partial charge in [0.2, 0.25) is 5.95 Å². The predicted octanol–water partition coefficient (Wildman–Crippen LogP) is 3.03. The summed E-state index contributed by atoms with van der Waals surface area (Å²) < 4.78 is 5.25. The monoisotopic (exact) mass is 312 g/mol. The van der Waals surface area contributed by atoms with E-state index < -0.39 is 0 Å². The maximum atomic E-state index is 5.25. The number of rotatable bonds is 4. The first-order valence-electron chi connectivity index (χ1n) is 8.11. The van der Waals surface area contributed by atoms with Crippen molar-refractivity contribution < 1.29 is 4.74 Å². The number of methoxy groups -OCH3 is 1. The smallest absolute Gasteiger partial charge is 0.225 e. The van der Waals surface area contributed by atoms with Crippen LogP contribution in [0.2, 0.25) is 0 Å². The first-order valence-corrected chi connectivity index (χ1v) is 8.11. The average Bonchev–Trinajstić information content (AvgIpc) is 2.62. The zero-order valence-corrected chi connectivity index (χ0v) is 14.0. The lowest BCUT2D eigenvalue weighted by Gasteiger charge is -2.26. The van der Waals surface area contributed by atoms with E-state index in [9.17, 15) is 0 Å². The Balaban J connectivity index is 2.03. The zero-order valence-electron chi connectivity index (χ0n) is 14.0. The molecule has 2 heterocycles. The molecule has 0 spiro atoms. The molecule has 0 unspecified atom stereocenters. The number of anilines is 1. The Kier molecular flexibility index (Phi) is 4.76. The van der Waals surface area contributed by atoms with Crippen molar-refractivity contribution in [1.29, 1.82) is 0 Å². The highest BCUT2D eigenvalue weighted by atomic mass is 16.5.